The maximum atomic E-state index is 12.8. The number of hydrogen-bond acceptors (Lipinski definition) is 7. The van der Waals surface area contributed by atoms with E-state index in [9.17, 15) is 4.79 Å². The molecule has 7 nitrogen and oxygen atoms in total. The van der Waals surface area contributed by atoms with E-state index in [1.807, 2.05) is 34.5 Å². The highest BCUT2D eigenvalue weighted by Crippen LogP contribution is 2.30. The first-order valence-electron chi connectivity index (χ1n) is 9.11. The number of aromatic nitrogens is 2. The van der Waals surface area contributed by atoms with Gasteiger partial charge in [-0.3, -0.25) is 4.79 Å². The largest absolute Gasteiger partial charge is 0.383 e. The molecule has 5 rings (SSSR count). The van der Waals surface area contributed by atoms with Crippen molar-refractivity contribution in [3.05, 3.63) is 40.8 Å². The minimum Gasteiger partial charge on any atom is -0.383 e. The number of nitrogens with one attached hydrogen (secondary N) is 2. The molecule has 0 bridgehead atoms. The molecule has 138 valence electrons. The lowest BCUT2D eigenvalue weighted by atomic mass is 10.1. The molecule has 0 aliphatic carbocycles. The van der Waals surface area contributed by atoms with Crippen LogP contribution >= 0.6 is 11.3 Å². The van der Waals surface area contributed by atoms with Gasteiger partial charge in [0.2, 0.25) is 5.95 Å². The quantitative estimate of drug-likeness (QED) is 0.647. The van der Waals surface area contributed by atoms with Gasteiger partial charge in [0, 0.05) is 30.4 Å². The highest BCUT2D eigenvalue weighted by atomic mass is 32.1. The maximum absolute atomic E-state index is 12.8. The van der Waals surface area contributed by atoms with Gasteiger partial charge in [-0.2, -0.15) is 4.98 Å². The highest BCUT2D eigenvalue weighted by Gasteiger charge is 2.33. The molecule has 1 aromatic carbocycles. The number of nitrogen functional groups attached to an aromatic ring is 1. The Hall–Kier alpha value is -2.71. The zero-order valence-corrected chi connectivity index (χ0v) is 15.6. The van der Waals surface area contributed by atoms with Crippen molar-refractivity contribution >= 4 is 44.9 Å². The minimum absolute atomic E-state index is 0.130. The number of hydrogen-bond donors (Lipinski definition) is 3. The van der Waals surface area contributed by atoms with Gasteiger partial charge < -0.3 is 21.3 Å². The standard InChI is InChI=1S/C19H20N6OS/c20-16-15-5-7-27-17(15)24-19(23-16)22-12-3-4-14-11(8-12)10-25(18(14)26)13-2-1-6-21-9-13/h3-5,7-8,13,21H,1-2,6,9-10H2,(H3,20,22,23,24). The number of anilines is 3. The van der Waals surface area contributed by atoms with Crippen molar-refractivity contribution in [1.29, 1.82) is 0 Å². The number of nitrogens with zero attached hydrogens (tertiary/aromatic N) is 3. The van der Waals surface area contributed by atoms with Crippen LogP contribution in [0.25, 0.3) is 10.2 Å². The van der Waals surface area contributed by atoms with Gasteiger partial charge in [-0.15, -0.1) is 11.3 Å². The van der Waals surface area contributed by atoms with E-state index in [1.54, 1.807) is 0 Å². The summed E-state index contributed by atoms with van der Waals surface area (Å²) in [5.41, 5.74) is 8.72. The van der Waals surface area contributed by atoms with E-state index in [-0.39, 0.29) is 11.9 Å². The molecule has 1 amide bonds. The number of fused-ring (bicyclic) bond motifs is 2. The number of nitrogens with two attached hydrogens (primary N) is 1. The molecule has 4 heterocycles. The third-order valence-corrected chi connectivity index (χ3v) is 6.07. The van der Waals surface area contributed by atoms with Gasteiger partial charge in [0.1, 0.15) is 10.6 Å². The Bertz CT molecular complexity index is 1030. The smallest absolute Gasteiger partial charge is 0.254 e. The summed E-state index contributed by atoms with van der Waals surface area (Å²) in [5, 5.41) is 9.45. The van der Waals surface area contributed by atoms with Crippen molar-refractivity contribution < 1.29 is 4.79 Å². The Morgan fingerprint density at radius 2 is 2.22 bits per heavy atom. The molecule has 0 spiro atoms. The van der Waals surface area contributed by atoms with E-state index in [4.69, 9.17) is 5.73 Å². The first kappa shape index (κ1) is 16.5. The molecule has 2 aliphatic rings. The van der Waals surface area contributed by atoms with E-state index in [0.29, 0.717) is 18.3 Å². The zero-order valence-electron chi connectivity index (χ0n) is 14.7. The number of carbonyl (C=O) groups is 1. The summed E-state index contributed by atoms with van der Waals surface area (Å²) in [6.07, 6.45) is 2.17. The van der Waals surface area contributed by atoms with Crippen LogP contribution in [-0.2, 0) is 6.54 Å². The van der Waals surface area contributed by atoms with Crippen LogP contribution in [0.5, 0.6) is 0 Å². The number of piperidine rings is 1. The molecule has 8 heteroatoms. The molecule has 1 saturated heterocycles. The van der Waals surface area contributed by atoms with Crippen LogP contribution in [0, 0.1) is 0 Å². The average Bonchev–Trinajstić information content (AvgIpc) is 3.27. The second-order valence-electron chi connectivity index (χ2n) is 7.00. The third-order valence-electron chi connectivity index (χ3n) is 5.26. The number of rotatable bonds is 3. The number of amides is 1. The van der Waals surface area contributed by atoms with Gasteiger partial charge >= 0.3 is 0 Å². The van der Waals surface area contributed by atoms with Crippen molar-refractivity contribution in [1.82, 2.24) is 20.2 Å². The second kappa shape index (κ2) is 6.47. The summed E-state index contributed by atoms with van der Waals surface area (Å²) in [5.74, 6) is 1.07. The normalized spacial score (nSPS) is 19.5. The molecule has 3 aromatic rings. The molecular weight excluding hydrogens is 360 g/mol. The Kier molecular flexibility index (Phi) is 3.95. The Labute approximate surface area is 160 Å². The molecule has 1 unspecified atom stereocenters. The van der Waals surface area contributed by atoms with Crippen molar-refractivity contribution in [2.75, 3.05) is 24.1 Å². The Morgan fingerprint density at radius 3 is 3.07 bits per heavy atom. The van der Waals surface area contributed by atoms with Crippen LogP contribution in [-0.4, -0.2) is 39.9 Å². The molecule has 2 aliphatic heterocycles. The lowest BCUT2D eigenvalue weighted by Crippen LogP contribution is -2.46. The van der Waals surface area contributed by atoms with Crippen LogP contribution in [0.15, 0.2) is 29.6 Å². The van der Waals surface area contributed by atoms with E-state index in [2.05, 4.69) is 20.6 Å². The summed E-state index contributed by atoms with van der Waals surface area (Å²) >= 11 is 1.53. The van der Waals surface area contributed by atoms with Crippen LogP contribution in [0.2, 0.25) is 0 Å². The van der Waals surface area contributed by atoms with E-state index < -0.39 is 0 Å². The summed E-state index contributed by atoms with van der Waals surface area (Å²) in [6, 6.07) is 8.01. The van der Waals surface area contributed by atoms with Gasteiger partial charge in [0.05, 0.1) is 5.39 Å². The fraction of sp³-hybridized carbons (Fsp3) is 0.316. The topological polar surface area (TPSA) is 96.2 Å². The molecule has 27 heavy (non-hydrogen) atoms. The molecule has 0 saturated carbocycles. The predicted octanol–water partition coefficient (Wildman–Crippen LogP) is 2.72. The molecule has 0 radical (unpaired) electrons. The molecule has 1 atom stereocenters. The monoisotopic (exact) mass is 380 g/mol. The molecule has 4 N–H and O–H groups in total. The highest BCUT2D eigenvalue weighted by molar-refractivity contribution is 7.16. The molecular formula is C19H20N6OS. The van der Waals surface area contributed by atoms with Gasteiger partial charge in [-0.25, -0.2) is 4.98 Å². The van der Waals surface area contributed by atoms with Crippen LogP contribution < -0.4 is 16.4 Å². The summed E-state index contributed by atoms with van der Waals surface area (Å²) in [6.45, 7) is 2.57. The second-order valence-corrected chi connectivity index (χ2v) is 7.90. The number of carbonyl (C=O) groups excluding carboxylic acids is 1. The van der Waals surface area contributed by atoms with E-state index >= 15 is 0 Å². The van der Waals surface area contributed by atoms with Crippen molar-refractivity contribution in [2.24, 2.45) is 0 Å². The third kappa shape index (κ3) is 2.90. The van der Waals surface area contributed by atoms with Crippen LogP contribution in [0.3, 0.4) is 0 Å². The fourth-order valence-corrected chi connectivity index (χ4v) is 4.65. The van der Waals surface area contributed by atoms with Crippen molar-refractivity contribution in [3.63, 3.8) is 0 Å². The summed E-state index contributed by atoms with van der Waals surface area (Å²) in [4.78, 5) is 24.5. The molecule has 1 fully saturated rings. The van der Waals surface area contributed by atoms with Gasteiger partial charge in [-0.05, 0) is 54.6 Å². The fourth-order valence-electron chi connectivity index (χ4n) is 3.88. The van der Waals surface area contributed by atoms with E-state index in [1.165, 1.54) is 11.3 Å². The summed E-state index contributed by atoms with van der Waals surface area (Å²) < 4.78 is 0. The van der Waals surface area contributed by atoms with Crippen molar-refractivity contribution in [2.45, 2.75) is 25.4 Å². The van der Waals surface area contributed by atoms with Gasteiger partial charge in [0.25, 0.3) is 5.91 Å². The summed E-state index contributed by atoms with van der Waals surface area (Å²) in [7, 11) is 0. The molecule has 2 aromatic heterocycles. The van der Waals surface area contributed by atoms with Gasteiger partial charge in [-0.1, -0.05) is 0 Å². The minimum atomic E-state index is 0.130. The zero-order chi connectivity index (χ0) is 18.4. The average molecular weight is 380 g/mol. The number of benzene rings is 1. The Morgan fingerprint density at radius 1 is 1.30 bits per heavy atom. The van der Waals surface area contributed by atoms with Gasteiger partial charge in [0.15, 0.2) is 0 Å². The SMILES string of the molecule is Nc1nc(Nc2ccc3c(c2)CN(C2CCCNC2)C3=O)nc2sccc12. The van der Waals surface area contributed by atoms with E-state index in [0.717, 1.165) is 53.0 Å². The van der Waals surface area contributed by atoms with Crippen LogP contribution in [0.1, 0.15) is 28.8 Å². The number of thiophene rings is 1. The maximum Gasteiger partial charge on any atom is 0.254 e. The van der Waals surface area contributed by atoms with Crippen LogP contribution in [0.4, 0.5) is 17.5 Å². The lowest BCUT2D eigenvalue weighted by Gasteiger charge is -2.31. The Balaban J connectivity index is 1.39. The first-order chi connectivity index (χ1) is 13.2. The lowest BCUT2D eigenvalue weighted by molar-refractivity contribution is 0.0674. The predicted molar refractivity (Wildman–Crippen MR) is 107 cm³/mol. The first-order valence-corrected chi connectivity index (χ1v) is 9.99. The van der Waals surface area contributed by atoms with Crippen molar-refractivity contribution in [3.8, 4) is 0 Å².